The van der Waals surface area contributed by atoms with E-state index in [0.29, 0.717) is 46.6 Å². The summed E-state index contributed by atoms with van der Waals surface area (Å²) in [4.78, 5) is 15.5. The molecule has 2 aliphatic rings. The first-order chi connectivity index (χ1) is 17.5. The molecule has 36 heavy (non-hydrogen) atoms. The molecular formula is C28H25ClN6O. The molecule has 0 amide bonds. The number of pyridine rings is 1. The van der Waals surface area contributed by atoms with E-state index in [2.05, 4.69) is 44.1 Å². The molecule has 3 N–H and O–H groups in total. The van der Waals surface area contributed by atoms with Crippen molar-refractivity contribution in [3.63, 3.8) is 0 Å². The third kappa shape index (κ3) is 4.53. The van der Waals surface area contributed by atoms with Crippen LogP contribution in [-0.2, 0) is 6.61 Å². The van der Waals surface area contributed by atoms with Gasteiger partial charge in [-0.05, 0) is 61.3 Å². The maximum Gasteiger partial charge on any atom is 0.141 e. The van der Waals surface area contributed by atoms with E-state index in [9.17, 15) is 0 Å². The Kier molecular flexibility index (Phi) is 5.84. The van der Waals surface area contributed by atoms with Crippen molar-refractivity contribution < 1.29 is 4.74 Å². The zero-order valence-electron chi connectivity index (χ0n) is 19.8. The van der Waals surface area contributed by atoms with Gasteiger partial charge in [-0.15, -0.1) is 0 Å². The molecule has 8 heteroatoms. The highest BCUT2D eigenvalue weighted by Gasteiger charge is 2.53. The Morgan fingerprint density at radius 2 is 1.97 bits per heavy atom. The number of anilines is 3. The lowest BCUT2D eigenvalue weighted by molar-refractivity contribution is 0.301. The van der Waals surface area contributed by atoms with Gasteiger partial charge < -0.3 is 20.7 Å². The second kappa shape index (κ2) is 9.30. The van der Waals surface area contributed by atoms with Crippen molar-refractivity contribution in [1.29, 1.82) is 0 Å². The fourth-order valence-corrected chi connectivity index (χ4v) is 5.14. The highest BCUT2D eigenvalue weighted by molar-refractivity contribution is 6.32. The van der Waals surface area contributed by atoms with Crippen LogP contribution in [-0.4, -0.2) is 40.0 Å². The van der Waals surface area contributed by atoms with Crippen molar-refractivity contribution in [3.05, 3.63) is 77.3 Å². The average molecular weight is 497 g/mol. The molecule has 0 radical (unpaired) electrons. The van der Waals surface area contributed by atoms with Crippen molar-refractivity contribution in [2.24, 2.45) is 17.8 Å². The van der Waals surface area contributed by atoms with Crippen LogP contribution in [0.4, 0.5) is 17.2 Å². The highest BCUT2D eigenvalue weighted by atomic mass is 35.5. The fraction of sp³-hybridized carbons (Fsp3) is 0.250. The van der Waals surface area contributed by atoms with Crippen LogP contribution in [0.15, 0.2) is 61.1 Å². The molecular weight excluding hydrogens is 472 g/mol. The van der Waals surface area contributed by atoms with Crippen molar-refractivity contribution in [3.8, 4) is 17.6 Å². The molecule has 2 aromatic carbocycles. The Hall–Kier alpha value is -3.86. The Labute approximate surface area is 214 Å². The van der Waals surface area contributed by atoms with E-state index in [1.54, 1.807) is 12.3 Å². The number of nitrogens with two attached hydrogens (primary N) is 1. The number of aromatic nitrogens is 3. The van der Waals surface area contributed by atoms with Crippen molar-refractivity contribution in [2.75, 3.05) is 31.2 Å². The van der Waals surface area contributed by atoms with Gasteiger partial charge in [0.2, 0.25) is 0 Å². The second-order valence-corrected chi connectivity index (χ2v) is 9.81. The quantitative estimate of drug-likeness (QED) is 0.304. The van der Waals surface area contributed by atoms with Crippen molar-refractivity contribution in [2.45, 2.75) is 6.61 Å². The molecule has 3 heterocycles. The van der Waals surface area contributed by atoms with Gasteiger partial charge in [0.05, 0.1) is 16.2 Å². The fourth-order valence-electron chi connectivity index (χ4n) is 4.91. The Morgan fingerprint density at radius 1 is 1.11 bits per heavy atom. The molecule has 4 aromatic rings. The van der Waals surface area contributed by atoms with E-state index >= 15 is 0 Å². The van der Waals surface area contributed by atoms with Crippen LogP contribution in [0.25, 0.3) is 10.9 Å². The number of halogens is 1. The number of rotatable bonds is 5. The summed E-state index contributed by atoms with van der Waals surface area (Å²) < 4.78 is 5.82. The SMILES string of the molecule is CN1C[C@@H]2[C@@H](C#Cc3cc4ncnc(Nc5ccc(OCc6ccccn6)c(Cl)c5)c4cc3N)[C@@H]2C1. The normalized spacial score (nSPS) is 20.4. The lowest BCUT2D eigenvalue weighted by Gasteiger charge is -2.12. The number of hydrogen-bond donors (Lipinski definition) is 2. The minimum atomic E-state index is 0.341. The van der Waals surface area contributed by atoms with E-state index < -0.39 is 0 Å². The highest BCUT2D eigenvalue weighted by Crippen LogP contribution is 2.50. The van der Waals surface area contributed by atoms with Gasteiger partial charge in [0.1, 0.15) is 24.5 Å². The molecule has 2 aromatic heterocycles. The second-order valence-electron chi connectivity index (χ2n) is 9.40. The Bertz CT molecular complexity index is 1490. The summed E-state index contributed by atoms with van der Waals surface area (Å²) >= 11 is 6.48. The number of likely N-dealkylation sites (tertiary alicyclic amines) is 1. The smallest absolute Gasteiger partial charge is 0.141 e. The third-order valence-electron chi connectivity index (χ3n) is 6.85. The first-order valence-corrected chi connectivity index (χ1v) is 12.3. The van der Waals surface area contributed by atoms with E-state index in [-0.39, 0.29) is 0 Å². The molecule has 6 rings (SSSR count). The third-order valence-corrected chi connectivity index (χ3v) is 7.15. The van der Waals surface area contributed by atoms with Crippen molar-refractivity contribution in [1.82, 2.24) is 19.9 Å². The van der Waals surface area contributed by atoms with E-state index in [4.69, 9.17) is 22.1 Å². The van der Waals surface area contributed by atoms with Gasteiger partial charge in [0.25, 0.3) is 0 Å². The van der Waals surface area contributed by atoms with Crippen molar-refractivity contribution >= 4 is 39.7 Å². The molecule has 1 saturated heterocycles. The lowest BCUT2D eigenvalue weighted by atomic mass is 10.1. The molecule has 180 valence electrons. The standard InChI is InChI=1S/C28H25ClN6O/c1-35-13-22-20(23(22)14-35)7-5-17-10-26-21(12-25(17)30)28(33-16-32-26)34-18-6-8-27(24(29)11-18)36-15-19-4-2-3-9-31-19/h2-4,6,8-12,16,20,22-23H,13-15,30H2,1H3,(H,32,33,34)/t20-,22-,23+. The van der Waals surface area contributed by atoms with Gasteiger partial charge in [-0.1, -0.05) is 29.5 Å². The summed E-state index contributed by atoms with van der Waals surface area (Å²) in [5.41, 5.74) is 10.2. The number of nitrogens with one attached hydrogen (secondary N) is 1. The van der Waals surface area contributed by atoms with Gasteiger partial charge >= 0.3 is 0 Å². The predicted molar refractivity (Wildman–Crippen MR) is 142 cm³/mol. The zero-order valence-corrected chi connectivity index (χ0v) is 20.5. The summed E-state index contributed by atoms with van der Waals surface area (Å²) in [7, 11) is 2.17. The number of ether oxygens (including phenoxy) is 1. The number of benzene rings is 2. The van der Waals surface area contributed by atoms with Gasteiger partial charge in [-0.3, -0.25) is 4.98 Å². The summed E-state index contributed by atoms with van der Waals surface area (Å²) in [5, 5.41) is 4.63. The summed E-state index contributed by atoms with van der Waals surface area (Å²) in [6.07, 6.45) is 3.27. The molecule has 3 atom stereocenters. The lowest BCUT2D eigenvalue weighted by Crippen LogP contribution is -2.18. The number of fused-ring (bicyclic) bond motifs is 2. The van der Waals surface area contributed by atoms with E-state index in [1.165, 1.54) is 6.33 Å². The van der Waals surface area contributed by atoms with Gasteiger partial charge in [0.15, 0.2) is 0 Å². The van der Waals surface area contributed by atoms with E-state index in [1.807, 2.05) is 42.5 Å². The first-order valence-electron chi connectivity index (χ1n) is 11.9. The van der Waals surface area contributed by atoms with Crippen LogP contribution in [0.3, 0.4) is 0 Å². The maximum atomic E-state index is 6.48. The molecule has 0 bridgehead atoms. The molecule has 2 fully saturated rings. The molecule has 0 unspecified atom stereocenters. The first kappa shape index (κ1) is 22.6. The summed E-state index contributed by atoms with van der Waals surface area (Å²) in [5.74, 6) is 9.88. The van der Waals surface area contributed by atoms with Crippen LogP contribution in [0.2, 0.25) is 5.02 Å². The minimum Gasteiger partial charge on any atom is -0.486 e. The molecule has 1 aliphatic heterocycles. The number of nitrogens with zero attached hydrogens (tertiary/aromatic N) is 4. The predicted octanol–water partition coefficient (Wildman–Crippen LogP) is 4.74. The van der Waals surface area contributed by atoms with Crippen LogP contribution in [0, 0.1) is 29.6 Å². The van der Waals surface area contributed by atoms with Gasteiger partial charge in [-0.25, -0.2) is 9.97 Å². The van der Waals surface area contributed by atoms with Gasteiger partial charge in [0, 0.05) is 47.5 Å². The van der Waals surface area contributed by atoms with Crippen LogP contribution in [0.1, 0.15) is 11.3 Å². The Balaban J connectivity index is 1.19. The van der Waals surface area contributed by atoms with Crippen LogP contribution in [0.5, 0.6) is 5.75 Å². The van der Waals surface area contributed by atoms with Gasteiger partial charge in [-0.2, -0.15) is 0 Å². The molecule has 1 aliphatic carbocycles. The monoisotopic (exact) mass is 496 g/mol. The van der Waals surface area contributed by atoms with Crippen LogP contribution < -0.4 is 15.8 Å². The maximum absolute atomic E-state index is 6.48. The zero-order chi connectivity index (χ0) is 24.6. The number of hydrogen-bond acceptors (Lipinski definition) is 7. The summed E-state index contributed by atoms with van der Waals surface area (Å²) in [6, 6.07) is 15.0. The molecule has 0 spiro atoms. The van der Waals surface area contributed by atoms with E-state index in [0.717, 1.165) is 40.9 Å². The molecule has 1 saturated carbocycles. The largest absolute Gasteiger partial charge is 0.486 e. The number of nitrogen functional groups attached to an aromatic ring is 1. The Morgan fingerprint density at radius 3 is 2.75 bits per heavy atom. The minimum absolute atomic E-state index is 0.341. The topological polar surface area (TPSA) is 89.2 Å². The number of piperidine rings is 1. The summed E-state index contributed by atoms with van der Waals surface area (Å²) in [6.45, 7) is 2.62. The van der Waals surface area contributed by atoms with Crippen LogP contribution >= 0.6 is 11.6 Å². The average Bonchev–Trinajstić information content (AvgIpc) is 3.34. The molecule has 7 nitrogen and oxygen atoms in total.